The van der Waals surface area contributed by atoms with Gasteiger partial charge in [-0.1, -0.05) is 32.0 Å². The smallest absolute Gasteiger partial charge is 0.281 e. The van der Waals surface area contributed by atoms with E-state index in [1.54, 1.807) is 0 Å². The highest BCUT2D eigenvalue weighted by Gasteiger charge is 2.22. The number of benzene rings is 1. The van der Waals surface area contributed by atoms with Crippen molar-refractivity contribution < 1.29 is 5.11 Å². The fourth-order valence-corrected chi connectivity index (χ4v) is 4.06. The van der Waals surface area contributed by atoms with Crippen molar-refractivity contribution in [1.29, 1.82) is 0 Å². The minimum atomic E-state index is -0.439. The van der Waals surface area contributed by atoms with Crippen molar-refractivity contribution in [3.8, 4) is 16.3 Å². The maximum Gasteiger partial charge on any atom is 0.281 e. The SMILES string of the molecule is CSc1ccccc1N=C(N)c1c(O)c(-c2cccs2)nn(CCC(C)C)c1=O. The predicted molar refractivity (Wildman–Crippen MR) is 122 cm³/mol. The number of rotatable bonds is 7. The van der Waals surface area contributed by atoms with Crippen LogP contribution in [0.3, 0.4) is 0 Å². The summed E-state index contributed by atoms with van der Waals surface area (Å²) in [5.74, 6) is 0.152. The molecule has 3 rings (SSSR count). The van der Waals surface area contributed by atoms with E-state index >= 15 is 0 Å². The Kier molecular flexibility index (Phi) is 6.76. The third-order valence-corrected chi connectivity index (χ3v) is 6.05. The fraction of sp³-hybridized carbons (Fsp3) is 0.286. The highest BCUT2D eigenvalue weighted by molar-refractivity contribution is 7.98. The van der Waals surface area contributed by atoms with E-state index in [9.17, 15) is 9.90 Å². The molecular formula is C21H24N4O2S2. The van der Waals surface area contributed by atoms with Crippen LogP contribution in [0.25, 0.3) is 10.6 Å². The van der Waals surface area contributed by atoms with Crippen molar-refractivity contribution in [2.45, 2.75) is 31.7 Å². The molecule has 2 heterocycles. The van der Waals surface area contributed by atoms with Gasteiger partial charge in [-0.15, -0.1) is 23.1 Å². The third kappa shape index (κ3) is 4.71. The highest BCUT2D eigenvalue weighted by atomic mass is 32.2. The van der Waals surface area contributed by atoms with Crippen molar-refractivity contribution in [1.82, 2.24) is 9.78 Å². The van der Waals surface area contributed by atoms with Crippen LogP contribution in [-0.2, 0) is 6.54 Å². The van der Waals surface area contributed by atoms with Gasteiger partial charge in [0.05, 0.1) is 10.6 Å². The number of hydrogen-bond acceptors (Lipinski definition) is 6. The molecule has 152 valence electrons. The summed E-state index contributed by atoms with van der Waals surface area (Å²) < 4.78 is 1.38. The standard InChI is InChI=1S/C21H24N4O2S2/c1-13(2)10-11-25-21(27)17(19(26)18(24-25)16-9-6-12-29-16)20(22)23-14-7-4-5-8-15(14)28-3/h4-9,12-13,26H,10-11H2,1-3H3,(H2,22,23). The average Bonchev–Trinajstić information content (AvgIpc) is 3.22. The van der Waals surface area contributed by atoms with Crippen molar-refractivity contribution >= 4 is 34.6 Å². The summed E-state index contributed by atoms with van der Waals surface area (Å²) in [6.07, 6.45) is 2.73. The van der Waals surface area contributed by atoms with Gasteiger partial charge in [-0.05, 0) is 42.2 Å². The molecule has 0 amide bonds. The molecule has 0 spiro atoms. The number of aromatic hydroxyl groups is 1. The van der Waals surface area contributed by atoms with Gasteiger partial charge in [-0.25, -0.2) is 9.67 Å². The molecule has 6 nitrogen and oxygen atoms in total. The third-order valence-electron chi connectivity index (χ3n) is 4.39. The second-order valence-electron chi connectivity index (χ2n) is 6.93. The largest absolute Gasteiger partial charge is 0.505 e. The monoisotopic (exact) mass is 428 g/mol. The molecule has 0 saturated carbocycles. The summed E-state index contributed by atoms with van der Waals surface area (Å²) in [5.41, 5.74) is 6.79. The van der Waals surface area contributed by atoms with Crippen LogP contribution < -0.4 is 11.3 Å². The number of thiophene rings is 1. The Bertz CT molecular complexity index is 1070. The molecule has 29 heavy (non-hydrogen) atoms. The van der Waals surface area contributed by atoms with Crippen LogP contribution in [-0.4, -0.2) is 27.0 Å². The number of hydrogen-bond donors (Lipinski definition) is 2. The second-order valence-corrected chi connectivity index (χ2v) is 8.72. The zero-order valence-corrected chi connectivity index (χ0v) is 18.3. The van der Waals surface area contributed by atoms with E-state index in [2.05, 4.69) is 23.9 Å². The van der Waals surface area contributed by atoms with Crippen molar-refractivity contribution in [3.63, 3.8) is 0 Å². The first-order valence-corrected chi connectivity index (χ1v) is 11.4. The Labute approximate surface area is 178 Å². The summed E-state index contributed by atoms with van der Waals surface area (Å²) in [6, 6.07) is 11.3. The number of amidine groups is 1. The maximum atomic E-state index is 13.1. The van der Waals surface area contributed by atoms with E-state index in [0.717, 1.165) is 16.2 Å². The van der Waals surface area contributed by atoms with Gasteiger partial charge >= 0.3 is 0 Å². The molecule has 3 N–H and O–H groups in total. The quantitative estimate of drug-likeness (QED) is 0.329. The zero-order chi connectivity index (χ0) is 21.0. The summed E-state index contributed by atoms with van der Waals surface area (Å²) in [5, 5.41) is 17.2. The number of nitrogens with two attached hydrogens (primary N) is 1. The molecule has 8 heteroatoms. The van der Waals surface area contributed by atoms with Gasteiger partial charge in [0.15, 0.2) is 5.75 Å². The molecular weight excluding hydrogens is 404 g/mol. The van der Waals surface area contributed by atoms with Gasteiger partial charge in [0.1, 0.15) is 17.1 Å². The molecule has 0 aliphatic rings. The molecule has 0 saturated heterocycles. The molecule has 0 aliphatic carbocycles. The molecule has 0 radical (unpaired) electrons. The van der Waals surface area contributed by atoms with Crippen LogP contribution in [0.15, 0.2) is 56.5 Å². The number of nitrogens with zero attached hydrogens (tertiary/aromatic N) is 3. The highest BCUT2D eigenvalue weighted by Crippen LogP contribution is 2.33. The van der Waals surface area contributed by atoms with Gasteiger partial charge in [0.2, 0.25) is 0 Å². The number of aliphatic imine (C=N–C) groups is 1. The van der Waals surface area contributed by atoms with Gasteiger partial charge in [0.25, 0.3) is 5.56 Å². The number of para-hydroxylation sites is 1. The Morgan fingerprint density at radius 1 is 1.31 bits per heavy atom. The number of aromatic nitrogens is 2. The molecule has 0 atom stereocenters. The van der Waals surface area contributed by atoms with Crippen LogP contribution in [0.5, 0.6) is 5.75 Å². The maximum absolute atomic E-state index is 13.1. The number of aryl methyl sites for hydroxylation is 1. The lowest BCUT2D eigenvalue weighted by Gasteiger charge is -2.13. The van der Waals surface area contributed by atoms with Crippen molar-refractivity contribution in [2.75, 3.05) is 6.26 Å². The van der Waals surface area contributed by atoms with E-state index < -0.39 is 5.56 Å². The van der Waals surface area contributed by atoms with Crippen molar-refractivity contribution in [2.24, 2.45) is 16.6 Å². The molecule has 3 aromatic rings. The van der Waals surface area contributed by atoms with Gasteiger partial charge in [-0.3, -0.25) is 4.79 Å². The van der Waals surface area contributed by atoms with Crippen LogP contribution in [0.1, 0.15) is 25.8 Å². The van der Waals surface area contributed by atoms with E-state index in [1.165, 1.54) is 27.8 Å². The first-order valence-electron chi connectivity index (χ1n) is 9.27. The van der Waals surface area contributed by atoms with Crippen LogP contribution >= 0.6 is 23.1 Å². The molecule has 2 aromatic heterocycles. The van der Waals surface area contributed by atoms with Crippen LogP contribution in [0, 0.1) is 5.92 Å². The Balaban J connectivity index is 2.18. The Morgan fingerprint density at radius 3 is 2.72 bits per heavy atom. The molecule has 0 fully saturated rings. The van der Waals surface area contributed by atoms with Gasteiger partial charge in [-0.2, -0.15) is 5.10 Å². The topological polar surface area (TPSA) is 93.5 Å². The van der Waals surface area contributed by atoms with Gasteiger partial charge in [0, 0.05) is 11.4 Å². The van der Waals surface area contributed by atoms with Crippen LogP contribution in [0.4, 0.5) is 5.69 Å². The minimum absolute atomic E-state index is 0.0111. The lowest BCUT2D eigenvalue weighted by Crippen LogP contribution is -2.32. The molecule has 0 aliphatic heterocycles. The lowest BCUT2D eigenvalue weighted by molar-refractivity contribution is 0.444. The normalized spacial score (nSPS) is 11.9. The fourth-order valence-electron chi connectivity index (χ4n) is 2.81. The van der Waals surface area contributed by atoms with Gasteiger partial charge < -0.3 is 10.8 Å². The lowest BCUT2D eigenvalue weighted by atomic mass is 10.1. The molecule has 0 unspecified atom stereocenters. The molecule has 0 bridgehead atoms. The van der Waals surface area contributed by atoms with Crippen molar-refractivity contribution in [3.05, 3.63) is 57.7 Å². The van der Waals surface area contributed by atoms with Crippen LogP contribution in [0.2, 0.25) is 0 Å². The van der Waals surface area contributed by atoms with E-state index in [4.69, 9.17) is 5.73 Å². The minimum Gasteiger partial charge on any atom is -0.505 e. The summed E-state index contributed by atoms with van der Waals surface area (Å²) in [4.78, 5) is 19.2. The van der Waals surface area contributed by atoms with E-state index in [-0.39, 0.29) is 17.1 Å². The first-order chi connectivity index (χ1) is 13.9. The summed E-state index contributed by atoms with van der Waals surface area (Å²) >= 11 is 2.98. The second kappa shape index (κ2) is 9.28. The molecule has 1 aromatic carbocycles. The zero-order valence-electron chi connectivity index (χ0n) is 16.6. The average molecular weight is 429 g/mol. The van der Waals surface area contributed by atoms with E-state index in [0.29, 0.717) is 23.8 Å². The Hall–Kier alpha value is -2.58. The first kappa shape index (κ1) is 21.1. The Morgan fingerprint density at radius 2 is 2.07 bits per heavy atom. The number of thioether (sulfide) groups is 1. The summed E-state index contributed by atoms with van der Waals surface area (Å²) in [6.45, 7) is 4.61. The van der Waals surface area contributed by atoms with E-state index in [1.807, 2.05) is 48.0 Å². The summed E-state index contributed by atoms with van der Waals surface area (Å²) in [7, 11) is 0. The predicted octanol–water partition coefficient (Wildman–Crippen LogP) is 4.48.